The van der Waals surface area contributed by atoms with Crippen molar-refractivity contribution in [2.24, 2.45) is 0 Å². The number of rotatable bonds is 6. The van der Waals surface area contributed by atoms with Crippen molar-refractivity contribution in [1.29, 1.82) is 0 Å². The third kappa shape index (κ3) is 4.75. The van der Waals surface area contributed by atoms with Crippen molar-refractivity contribution >= 4 is 16.6 Å². The maximum Gasteiger partial charge on any atom is 0.142 e. The Hall–Kier alpha value is -2.83. The van der Waals surface area contributed by atoms with Crippen LogP contribution >= 0.6 is 0 Å². The van der Waals surface area contributed by atoms with E-state index in [1.54, 1.807) is 0 Å². The van der Waals surface area contributed by atoms with Gasteiger partial charge in [-0.1, -0.05) is 12.1 Å². The van der Waals surface area contributed by atoms with Crippen molar-refractivity contribution in [2.45, 2.75) is 13.5 Å². The van der Waals surface area contributed by atoms with Crippen LogP contribution in [0.1, 0.15) is 11.3 Å². The molecular weight excluding hydrogens is 388 g/mol. The van der Waals surface area contributed by atoms with E-state index in [0.29, 0.717) is 6.61 Å². The summed E-state index contributed by atoms with van der Waals surface area (Å²) in [5.41, 5.74) is 4.49. The fourth-order valence-electron chi connectivity index (χ4n) is 4.35. The van der Waals surface area contributed by atoms with Crippen LogP contribution < -0.4 is 14.8 Å². The van der Waals surface area contributed by atoms with Gasteiger partial charge in [-0.2, -0.15) is 0 Å². The summed E-state index contributed by atoms with van der Waals surface area (Å²) in [5.74, 6) is 1.89. The van der Waals surface area contributed by atoms with E-state index in [1.165, 1.54) is 5.56 Å². The zero-order chi connectivity index (χ0) is 21.0. The summed E-state index contributed by atoms with van der Waals surface area (Å²) < 4.78 is 11.8. The maximum absolute atomic E-state index is 6.12. The molecule has 0 aliphatic carbocycles. The summed E-state index contributed by atoms with van der Waals surface area (Å²) >= 11 is 0. The first kappa shape index (κ1) is 20.1. The van der Waals surface area contributed by atoms with Crippen LogP contribution in [-0.4, -0.2) is 67.3 Å². The third-order valence-corrected chi connectivity index (χ3v) is 6.09. The van der Waals surface area contributed by atoms with Gasteiger partial charge in [0.2, 0.25) is 0 Å². The molecule has 31 heavy (non-hydrogen) atoms. The number of hydrogen-bond acceptors (Lipinski definition) is 6. The minimum atomic E-state index is 0.698. The van der Waals surface area contributed by atoms with E-state index in [9.17, 15) is 0 Å². The normalized spacial score (nSPS) is 17.1. The van der Waals surface area contributed by atoms with Gasteiger partial charge in [-0.3, -0.25) is 14.8 Å². The predicted octanol–water partition coefficient (Wildman–Crippen LogP) is 3.54. The second kappa shape index (κ2) is 9.12. The molecule has 5 rings (SSSR count). The molecular formula is C25H30N4O2. The lowest BCUT2D eigenvalue weighted by molar-refractivity contribution is 0.113. The molecule has 6 heteroatoms. The largest absolute Gasteiger partial charge is 0.492 e. The fraction of sp³-hybridized carbons (Fsp3) is 0.400. The Labute approximate surface area is 183 Å². The first-order valence-electron chi connectivity index (χ1n) is 11.2. The van der Waals surface area contributed by atoms with Gasteiger partial charge < -0.3 is 14.8 Å². The molecule has 6 nitrogen and oxygen atoms in total. The quantitative estimate of drug-likeness (QED) is 0.661. The van der Waals surface area contributed by atoms with Crippen molar-refractivity contribution < 1.29 is 9.47 Å². The van der Waals surface area contributed by atoms with Crippen molar-refractivity contribution in [2.75, 3.05) is 57.8 Å². The van der Waals surface area contributed by atoms with Crippen LogP contribution in [0, 0.1) is 6.92 Å². The number of ether oxygens (including phenoxy) is 2. The zero-order valence-electron chi connectivity index (χ0n) is 18.1. The molecule has 0 atom stereocenters. The zero-order valence-corrected chi connectivity index (χ0v) is 18.1. The Morgan fingerprint density at radius 2 is 1.90 bits per heavy atom. The minimum absolute atomic E-state index is 0.698. The number of pyridine rings is 1. The smallest absolute Gasteiger partial charge is 0.142 e. The highest BCUT2D eigenvalue weighted by molar-refractivity contribution is 5.85. The van der Waals surface area contributed by atoms with Crippen LogP contribution in [-0.2, 0) is 6.54 Å². The summed E-state index contributed by atoms with van der Waals surface area (Å²) in [5, 5.41) is 4.51. The summed E-state index contributed by atoms with van der Waals surface area (Å²) in [4.78, 5) is 9.62. The lowest BCUT2D eigenvalue weighted by Gasteiger charge is -2.34. The Kier molecular flexibility index (Phi) is 5.91. The van der Waals surface area contributed by atoms with E-state index >= 15 is 0 Å². The highest BCUT2D eigenvalue weighted by atomic mass is 16.5. The Balaban J connectivity index is 1.09. The number of fused-ring (bicyclic) bond motifs is 2. The molecule has 1 aromatic heterocycles. The van der Waals surface area contributed by atoms with Crippen LogP contribution in [0.2, 0.25) is 0 Å². The molecule has 0 saturated carbocycles. The van der Waals surface area contributed by atoms with E-state index in [4.69, 9.17) is 9.47 Å². The molecule has 162 valence electrons. The van der Waals surface area contributed by atoms with Gasteiger partial charge >= 0.3 is 0 Å². The van der Waals surface area contributed by atoms with E-state index in [2.05, 4.69) is 44.4 Å². The molecule has 0 unspecified atom stereocenters. The number of aromatic nitrogens is 1. The minimum Gasteiger partial charge on any atom is -0.492 e. The number of nitrogens with one attached hydrogen (secondary N) is 1. The Morgan fingerprint density at radius 3 is 2.81 bits per heavy atom. The highest BCUT2D eigenvalue weighted by Crippen LogP contribution is 2.28. The average molecular weight is 419 g/mol. The Bertz CT molecular complexity index is 1050. The van der Waals surface area contributed by atoms with E-state index in [-0.39, 0.29) is 0 Å². The van der Waals surface area contributed by atoms with Crippen molar-refractivity contribution in [3.05, 3.63) is 59.8 Å². The second-order valence-corrected chi connectivity index (χ2v) is 8.35. The molecule has 1 N–H and O–H groups in total. The first-order chi connectivity index (χ1) is 15.2. The van der Waals surface area contributed by atoms with Crippen LogP contribution in [0.15, 0.2) is 48.5 Å². The average Bonchev–Trinajstić information content (AvgIpc) is 2.80. The van der Waals surface area contributed by atoms with Crippen LogP contribution in [0.5, 0.6) is 11.5 Å². The number of benzene rings is 2. The van der Waals surface area contributed by atoms with Crippen LogP contribution in [0.25, 0.3) is 10.9 Å². The van der Waals surface area contributed by atoms with Gasteiger partial charge in [-0.15, -0.1) is 0 Å². The molecule has 2 aliphatic heterocycles. The number of hydrogen-bond donors (Lipinski definition) is 1. The van der Waals surface area contributed by atoms with Crippen molar-refractivity contribution in [1.82, 2.24) is 14.8 Å². The van der Waals surface area contributed by atoms with Gasteiger partial charge in [0.05, 0.1) is 11.2 Å². The van der Waals surface area contributed by atoms with Gasteiger partial charge in [-0.05, 0) is 48.9 Å². The van der Waals surface area contributed by atoms with E-state index in [1.807, 2.05) is 31.2 Å². The van der Waals surface area contributed by atoms with Gasteiger partial charge in [0.1, 0.15) is 24.7 Å². The Morgan fingerprint density at radius 1 is 1.03 bits per heavy atom. The fourth-order valence-corrected chi connectivity index (χ4v) is 4.35. The third-order valence-electron chi connectivity index (χ3n) is 6.09. The predicted molar refractivity (Wildman–Crippen MR) is 124 cm³/mol. The molecule has 1 saturated heterocycles. The summed E-state index contributed by atoms with van der Waals surface area (Å²) in [6.45, 7) is 10.6. The van der Waals surface area contributed by atoms with E-state index < -0.39 is 0 Å². The first-order valence-corrected chi connectivity index (χ1v) is 11.2. The van der Waals surface area contributed by atoms with Crippen molar-refractivity contribution in [3.63, 3.8) is 0 Å². The molecule has 0 amide bonds. The van der Waals surface area contributed by atoms with Crippen LogP contribution in [0.4, 0.5) is 5.69 Å². The topological polar surface area (TPSA) is 49.9 Å². The summed E-state index contributed by atoms with van der Waals surface area (Å²) in [6, 6.07) is 16.8. The standard InChI is InChI=1S/C25H30N4O2/c1-19-5-7-21-22(27-19)3-2-4-24(21)31-16-14-28-10-12-29(13-11-28)18-20-6-8-25-23(17-20)26-9-15-30-25/h2-8,17,26H,9-16,18H2,1H3. The molecule has 0 bridgehead atoms. The molecule has 3 aromatic rings. The monoisotopic (exact) mass is 418 g/mol. The highest BCUT2D eigenvalue weighted by Gasteiger charge is 2.18. The van der Waals surface area contributed by atoms with E-state index in [0.717, 1.165) is 86.2 Å². The lowest BCUT2D eigenvalue weighted by Crippen LogP contribution is -2.47. The van der Waals surface area contributed by atoms with Gasteiger partial charge in [0, 0.05) is 56.9 Å². The SMILES string of the molecule is Cc1ccc2c(OCCN3CCN(Cc4ccc5c(c4)NCCO5)CC3)cccc2n1. The lowest BCUT2D eigenvalue weighted by atomic mass is 10.1. The number of piperazine rings is 1. The summed E-state index contributed by atoms with van der Waals surface area (Å²) in [7, 11) is 0. The summed E-state index contributed by atoms with van der Waals surface area (Å²) in [6.07, 6.45) is 0. The van der Waals surface area contributed by atoms with Gasteiger partial charge in [0.25, 0.3) is 0 Å². The second-order valence-electron chi connectivity index (χ2n) is 8.35. The number of anilines is 1. The number of nitrogens with zero attached hydrogens (tertiary/aromatic N) is 3. The number of aryl methyl sites for hydroxylation is 1. The molecule has 2 aliphatic rings. The van der Waals surface area contributed by atoms with Gasteiger partial charge in [-0.25, -0.2) is 0 Å². The van der Waals surface area contributed by atoms with Crippen molar-refractivity contribution in [3.8, 4) is 11.5 Å². The molecule has 0 spiro atoms. The van der Waals surface area contributed by atoms with Crippen LogP contribution in [0.3, 0.4) is 0 Å². The van der Waals surface area contributed by atoms with Gasteiger partial charge in [0.15, 0.2) is 0 Å². The molecule has 2 aromatic carbocycles. The molecule has 1 fully saturated rings. The molecule has 3 heterocycles. The maximum atomic E-state index is 6.12. The molecule has 0 radical (unpaired) electrons.